The molecule has 3 aliphatic heterocycles. The minimum absolute atomic E-state index is 0.121. The number of nitrogens with zero attached hydrogens (tertiary/aromatic N) is 4. The first-order chi connectivity index (χ1) is 21.1. The molecule has 246 valence electrons. The number of fused-ring (bicyclic) bond motifs is 3. The molecular weight excluding hydrogens is 582 g/mol. The summed E-state index contributed by atoms with van der Waals surface area (Å²) in [5, 5.41) is 4.15. The Morgan fingerprint density at radius 3 is 2.20 bits per heavy atom. The number of piperidine rings is 1. The van der Waals surface area contributed by atoms with Crippen LogP contribution in [0, 0.1) is 5.41 Å². The number of Topliss-reactive ketones (excluding diaryl/α,β-unsaturated/α-hetero) is 1. The number of ether oxygens (including phenoxy) is 2. The van der Waals surface area contributed by atoms with E-state index >= 15 is 0 Å². The molecule has 5 rings (SSSR count). The summed E-state index contributed by atoms with van der Waals surface area (Å²) in [5.41, 5.74) is -0.686. The lowest BCUT2D eigenvalue weighted by atomic mass is 9.85. The fraction of sp³-hybridized carbons (Fsp3) is 0.656. The number of carbonyl (C=O) groups excluding carboxylic acids is 5. The van der Waals surface area contributed by atoms with E-state index in [0.29, 0.717) is 13.0 Å². The average molecular weight is 628 g/mol. The van der Waals surface area contributed by atoms with Crippen LogP contribution in [0.3, 0.4) is 0 Å². The summed E-state index contributed by atoms with van der Waals surface area (Å²) in [5.74, 6) is -0.810. The van der Waals surface area contributed by atoms with E-state index in [1.807, 2.05) is 30.3 Å². The van der Waals surface area contributed by atoms with Gasteiger partial charge in [-0.25, -0.2) is 14.4 Å². The molecule has 3 saturated heterocycles. The molecule has 0 aromatic heterocycles. The first-order valence-corrected chi connectivity index (χ1v) is 15.6. The monoisotopic (exact) mass is 627 g/mol. The summed E-state index contributed by atoms with van der Waals surface area (Å²) in [7, 11) is 0. The zero-order chi connectivity index (χ0) is 32.7. The predicted octanol–water partition coefficient (Wildman–Crippen LogP) is 3.32. The highest BCUT2D eigenvalue weighted by molar-refractivity contribution is 5.93. The van der Waals surface area contributed by atoms with Gasteiger partial charge in [0.1, 0.15) is 23.9 Å². The maximum atomic E-state index is 13.4. The summed E-state index contributed by atoms with van der Waals surface area (Å²) in [6.45, 7) is 10.9. The zero-order valence-electron chi connectivity index (χ0n) is 27.0. The number of nitrogens with one attached hydrogen (secondary N) is 1. The number of rotatable bonds is 9. The van der Waals surface area contributed by atoms with Crippen LogP contribution in [0.4, 0.5) is 14.4 Å². The number of amides is 5. The van der Waals surface area contributed by atoms with Crippen molar-refractivity contribution in [2.24, 2.45) is 5.41 Å². The van der Waals surface area contributed by atoms with E-state index in [1.54, 1.807) is 41.5 Å². The van der Waals surface area contributed by atoms with Crippen LogP contribution in [-0.4, -0.2) is 112 Å². The van der Waals surface area contributed by atoms with Crippen molar-refractivity contribution in [1.29, 1.82) is 0 Å². The Morgan fingerprint density at radius 1 is 0.956 bits per heavy atom. The molecule has 3 heterocycles. The Hall–Kier alpha value is -3.87. The lowest BCUT2D eigenvalue weighted by molar-refractivity contribution is -0.153. The van der Waals surface area contributed by atoms with Crippen molar-refractivity contribution in [3.05, 3.63) is 35.9 Å². The molecule has 2 bridgehead atoms. The van der Waals surface area contributed by atoms with Crippen LogP contribution < -0.4 is 5.32 Å². The number of likely N-dealkylation sites (tertiary alicyclic amines) is 1. The lowest BCUT2D eigenvalue weighted by Gasteiger charge is -2.45. The van der Waals surface area contributed by atoms with Gasteiger partial charge in [0, 0.05) is 19.6 Å². The molecule has 1 spiro atoms. The summed E-state index contributed by atoms with van der Waals surface area (Å²) in [6.07, 6.45) is 1.13. The fourth-order valence-corrected chi connectivity index (χ4v) is 6.07. The zero-order valence-corrected chi connectivity index (χ0v) is 27.0. The SMILES string of the molecule is CC(C)(C)OC(=O)N1CC(N(CC(=O)CNC(=O)[C@@H]2CC3(CC3)[C@@H]3CN2C(=O)N3OCc2ccccc2)C(=O)OC(C)(C)C)C1. The van der Waals surface area contributed by atoms with E-state index in [-0.39, 0.29) is 50.3 Å². The van der Waals surface area contributed by atoms with E-state index < -0.39 is 47.2 Å². The van der Waals surface area contributed by atoms with Gasteiger partial charge in [-0.05, 0) is 71.8 Å². The second-order valence-corrected chi connectivity index (χ2v) is 14.5. The Kier molecular flexibility index (Phi) is 8.78. The molecule has 1 aromatic rings. The van der Waals surface area contributed by atoms with Gasteiger partial charge in [0.15, 0.2) is 5.78 Å². The number of urea groups is 1. The van der Waals surface area contributed by atoms with E-state index in [9.17, 15) is 24.0 Å². The molecule has 4 aliphatic rings. The van der Waals surface area contributed by atoms with Gasteiger partial charge in [0.25, 0.3) is 0 Å². The van der Waals surface area contributed by atoms with Crippen molar-refractivity contribution in [3.63, 3.8) is 0 Å². The molecule has 4 fully saturated rings. The molecular formula is C32H45N5O8. The average Bonchev–Trinajstić information content (AvgIpc) is 3.62. The number of hydrogen-bond donors (Lipinski definition) is 1. The molecule has 1 aliphatic carbocycles. The molecule has 1 saturated carbocycles. The van der Waals surface area contributed by atoms with Crippen LogP contribution >= 0.6 is 0 Å². The van der Waals surface area contributed by atoms with Gasteiger partial charge < -0.3 is 24.6 Å². The van der Waals surface area contributed by atoms with Gasteiger partial charge in [-0.1, -0.05) is 30.3 Å². The number of ketones is 1. The Balaban J connectivity index is 1.17. The maximum Gasteiger partial charge on any atom is 0.411 e. The Bertz CT molecular complexity index is 1310. The normalized spacial score (nSPS) is 22.2. The van der Waals surface area contributed by atoms with Crippen molar-refractivity contribution in [3.8, 4) is 0 Å². The van der Waals surface area contributed by atoms with Crippen LogP contribution in [0.2, 0.25) is 0 Å². The van der Waals surface area contributed by atoms with E-state index in [4.69, 9.17) is 14.3 Å². The molecule has 5 amide bonds. The maximum absolute atomic E-state index is 13.4. The van der Waals surface area contributed by atoms with Gasteiger partial charge in [-0.15, -0.1) is 0 Å². The predicted molar refractivity (Wildman–Crippen MR) is 162 cm³/mol. The first-order valence-electron chi connectivity index (χ1n) is 15.6. The van der Waals surface area contributed by atoms with Crippen LogP contribution in [0.5, 0.6) is 0 Å². The minimum atomic E-state index is -0.792. The third-order valence-electron chi connectivity index (χ3n) is 8.57. The number of carbonyl (C=O) groups is 5. The smallest absolute Gasteiger partial charge is 0.411 e. The quantitative estimate of drug-likeness (QED) is 0.440. The Labute approximate surface area is 264 Å². The first kappa shape index (κ1) is 32.5. The summed E-state index contributed by atoms with van der Waals surface area (Å²) >= 11 is 0. The van der Waals surface area contributed by atoms with E-state index in [2.05, 4.69) is 5.32 Å². The minimum Gasteiger partial charge on any atom is -0.444 e. The number of hydrogen-bond acceptors (Lipinski definition) is 8. The third kappa shape index (κ3) is 7.51. The number of hydroxylamine groups is 2. The van der Waals surface area contributed by atoms with E-state index in [1.165, 1.54) is 19.8 Å². The van der Waals surface area contributed by atoms with Gasteiger partial charge >= 0.3 is 18.2 Å². The van der Waals surface area contributed by atoms with Crippen molar-refractivity contribution < 1.29 is 38.3 Å². The lowest BCUT2D eigenvalue weighted by Crippen LogP contribution is -2.64. The standard InChI is InChI=1S/C32H45N5O8/c1-30(2,3)44-28(41)34-16-22(17-34)35(29(42)45-31(4,5)6)18-23(38)15-33-26(39)24-14-32(12-13-32)25-19-36(24)27(40)37(25)43-20-21-10-8-7-9-11-21/h7-11,22,24-25H,12-20H2,1-6H3,(H,33,39)/t24-,25-/m0/s1. The van der Waals surface area contributed by atoms with Crippen molar-refractivity contribution >= 4 is 29.9 Å². The topological polar surface area (TPSA) is 138 Å². The molecule has 1 aromatic carbocycles. The van der Waals surface area contributed by atoms with Gasteiger partial charge in [0.2, 0.25) is 5.91 Å². The Morgan fingerprint density at radius 2 is 1.60 bits per heavy atom. The van der Waals surface area contributed by atoms with Crippen LogP contribution in [0.1, 0.15) is 66.4 Å². The highest BCUT2D eigenvalue weighted by Gasteiger charge is 2.64. The molecule has 13 heteroatoms. The van der Waals surface area contributed by atoms with Crippen LogP contribution in [-0.2, 0) is 30.5 Å². The van der Waals surface area contributed by atoms with Crippen molar-refractivity contribution in [2.75, 3.05) is 32.7 Å². The molecule has 2 atom stereocenters. The fourth-order valence-electron chi connectivity index (χ4n) is 6.07. The summed E-state index contributed by atoms with van der Waals surface area (Å²) in [6, 6.07) is 7.97. The molecule has 45 heavy (non-hydrogen) atoms. The van der Waals surface area contributed by atoms with Gasteiger partial charge in [-0.3, -0.25) is 19.3 Å². The van der Waals surface area contributed by atoms with Crippen molar-refractivity contribution in [2.45, 2.75) is 96.7 Å². The van der Waals surface area contributed by atoms with Crippen molar-refractivity contribution in [1.82, 2.24) is 25.1 Å². The largest absolute Gasteiger partial charge is 0.444 e. The van der Waals surface area contributed by atoms with Gasteiger partial charge in [0.05, 0.1) is 25.2 Å². The van der Waals surface area contributed by atoms with E-state index in [0.717, 1.165) is 18.4 Å². The van der Waals surface area contributed by atoms with Gasteiger partial charge in [-0.2, -0.15) is 5.06 Å². The third-order valence-corrected chi connectivity index (χ3v) is 8.57. The highest BCUT2D eigenvalue weighted by Crippen LogP contribution is 2.59. The molecule has 0 unspecified atom stereocenters. The number of benzene rings is 1. The summed E-state index contributed by atoms with van der Waals surface area (Å²) < 4.78 is 10.9. The van der Waals surface area contributed by atoms with Crippen LogP contribution in [0.15, 0.2) is 30.3 Å². The van der Waals surface area contributed by atoms with Crippen LogP contribution in [0.25, 0.3) is 0 Å². The second-order valence-electron chi connectivity index (χ2n) is 14.5. The second kappa shape index (κ2) is 12.1. The summed E-state index contributed by atoms with van der Waals surface area (Å²) in [4.78, 5) is 75.6. The molecule has 1 N–H and O–H groups in total. The highest BCUT2D eigenvalue weighted by atomic mass is 16.7. The molecule has 0 radical (unpaired) electrons. The molecule has 13 nitrogen and oxygen atoms in total.